The summed E-state index contributed by atoms with van der Waals surface area (Å²) in [6.07, 6.45) is 3.86. The van der Waals surface area contributed by atoms with Gasteiger partial charge >= 0.3 is 6.09 Å². The van der Waals surface area contributed by atoms with Crippen molar-refractivity contribution in [3.05, 3.63) is 46.2 Å². The summed E-state index contributed by atoms with van der Waals surface area (Å²) in [4.78, 5) is 43.6. The minimum absolute atomic E-state index is 0.0537. The third kappa shape index (κ3) is 7.05. The largest absolute Gasteiger partial charge is 0.444 e. The van der Waals surface area contributed by atoms with Crippen molar-refractivity contribution >= 4 is 32.9 Å². The normalized spacial score (nSPS) is 24.3. The van der Waals surface area contributed by atoms with Gasteiger partial charge in [-0.15, -0.1) is 0 Å². The van der Waals surface area contributed by atoms with Crippen LogP contribution >= 0.6 is 0 Å². The number of para-hydroxylation sites is 1. The lowest BCUT2D eigenvalue weighted by Crippen LogP contribution is -2.55. The number of nitrogens with zero attached hydrogens (tertiary/aromatic N) is 4. The molecule has 3 saturated heterocycles. The zero-order chi connectivity index (χ0) is 30.9. The minimum Gasteiger partial charge on any atom is -0.444 e. The number of fused-ring (bicyclic) bond motifs is 3. The molecule has 4 heterocycles. The van der Waals surface area contributed by atoms with Crippen molar-refractivity contribution in [3.63, 3.8) is 0 Å². The summed E-state index contributed by atoms with van der Waals surface area (Å²) in [5.74, 6) is -0.336. The first kappa shape index (κ1) is 31.4. The third-order valence-electron chi connectivity index (χ3n) is 9.08. The molecule has 13 heteroatoms. The number of ether oxygens (including phenoxy) is 1. The van der Waals surface area contributed by atoms with Crippen LogP contribution in [0.2, 0.25) is 0 Å². The highest BCUT2D eigenvalue weighted by Crippen LogP contribution is 2.36. The molecule has 2 aromatic rings. The van der Waals surface area contributed by atoms with Gasteiger partial charge in [-0.25, -0.2) is 13.2 Å². The predicted molar refractivity (Wildman–Crippen MR) is 165 cm³/mol. The molecular weight excluding hydrogens is 572 g/mol. The van der Waals surface area contributed by atoms with Gasteiger partial charge in [0, 0.05) is 70.5 Å². The molecule has 0 aliphatic carbocycles. The van der Waals surface area contributed by atoms with Crippen molar-refractivity contribution in [1.82, 2.24) is 29.3 Å². The molecular formula is C30H44N6O6S. The molecule has 0 spiro atoms. The minimum atomic E-state index is -3.23. The highest BCUT2D eigenvalue weighted by Gasteiger charge is 2.43. The van der Waals surface area contributed by atoms with Crippen LogP contribution < -0.4 is 16.2 Å². The first-order chi connectivity index (χ1) is 20.4. The molecule has 0 radical (unpaired) electrons. The molecule has 3 aliphatic rings. The number of alkyl carbamates (subject to hydrolysis) is 1. The molecule has 3 unspecified atom stereocenters. The van der Waals surface area contributed by atoms with Gasteiger partial charge in [-0.2, -0.15) is 4.31 Å². The number of carbonyl (C=O) groups is 2. The number of sulfonamides is 1. The van der Waals surface area contributed by atoms with Crippen LogP contribution in [0.4, 0.5) is 4.79 Å². The van der Waals surface area contributed by atoms with Crippen LogP contribution in [0.3, 0.4) is 0 Å². The van der Waals surface area contributed by atoms with E-state index < -0.39 is 16.1 Å². The van der Waals surface area contributed by atoms with E-state index in [-0.39, 0.29) is 47.3 Å². The number of piperidine rings is 1. The maximum absolute atomic E-state index is 13.5. The Kier molecular flexibility index (Phi) is 9.45. The monoisotopic (exact) mass is 616 g/mol. The molecule has 5 rings (SSSR count). The number of nitrogens with one attached hydrogen (secondary N) is 2. The first-order valence-electron chi connectivity index (χ1n) is 15.2. The number of amides is 2. The fourth-order valence-electron chi connectivity index (χ4n) is 7.02. The van der Waals surface area contributed by atoms with Gasteiger partial charge in [0.2, 0.25) is 10.0 Å². The summed E-state index contributed by atoms with van der Waals surface area (Å²) in [7, 11) is -1.69. The molecule has 12 nitrogen and oxygen atoms in total. The lowest BCUT2D eigenvalue weighted by atomic mass is 9.96. The van der Waals surface area contributed by atoms with Crippen molar-refractivity contribution in [2.24, 2.45) is 0 Å². The zero-order valence-corrected chi connectivity index (χ0v) is 26.3. The summed E-state index contributed by atoms with van der Waals surface area (Å²) >= 11 is 0. The Labute approximate surface area is 253 Å². The SMILES string of the molecule is CNC(=O)OC(CN1CCN(S(C)(=O)=O)CC1)CN1C2CCC1CC(NC(=O)c1cc3ccccc3n(C(C)C)c1=O)C2. The van der Waals surface area contributed by atoms with E-state index in [0.29, 0.717) is 39.3 Å². The number of pyridine rings is 1. The van der Waals surface area contributed by atoms with Crippen molar-refractivity contribution in [2.75, 3.05) is 52.6 Å². The highest BCUT2D eigenvalue weighted by atomic mass is 32.2. The van der Waals surface area contributed by atoms with Crippen LogP contribution in [0.1, 0.15) is 55.9 Å². The van der Waals surface area contributed by atoms with Crippen molar-refractivity contribution < 1.29 is 22.7 Å². The Bertz CT molecular complexity index is 1490. The van der Waals surface area contributed by atoms with E-state index in [0.717, 1.165) is 36.6 Å². The average molecular weight is 617 g/mol. The van der Waals surface area contributed by atoms with Crippen LogP contribution in [-0.2, 0) is 14.8 Å². The van der Waals surface area contributed by atoms with Gasteiger partial charge in [0.1, 0.15) is 11.7 Å². The number of carbonyl (C=O) groups excluding carboxylic acids is 2. The topological polar surface area (TPSA) is 133 Å². The standard InChI is InChI=1S/C30H44N6O6S/c1-20(2)36-27-8-6-5-7-21(27)15-26(29(36)38)28(37)32-22-16-23-9-10-24(17-22)35(23)19-25(42-30(39)31-3)18-33-11-13-34(14-12-33)43(4,40)41/h5-8,15,20,22-25H,9-14,16-19H2,1-4H3,(H,31,39)(H,32,37). The first-order valence-corrected chi connectivity index (χ1v) is 17.1. The second-order valence-corrected chi connectivity index (χ2v) is 14.3. The summed E-state index contributed by atoms with van der Waals surface area (Å²) in [6, 6.07) is 9.65. The number of benzene rings is 1. The molecule has 2 amide bonds. The summed E-state index contributed by atoms with van der Waals surface area (Å²) in [6.45, 7) is 6.97. The molecule has 0 saturated carbocycles. The quantitative estimate of drug-likeness (QED) is 0.434. The Hall–Kier alpha value is -3.00. The van der Waals surface area contributed by atoms with Crippen LogP contribution in [-0.4, -0.2) is 116 Å². The Morgan fingerprint density at radius 1 is 1.02 bits per heavy atom. The molecule has 2 bridgehead atoms. The summed E-state index contributed by atoms with van der Waals surface area (Å²) in [5, 5.41) is 6.57. The third-order valence-corrected chi connectivity index (χ3v) is 10.4. The molecule has 3 aliphatic heterocycles. The van der Waals surface area contributed by atoms with Crippen LogP contribution in [0, 0.1) is 0 Å². The molecule has 3 atom stereocenters. The average Bonchev–Trinajstić information content (AvgIpc) is 3.18. The van der Waals surface area contributed by atoms with Gasteiger partial charge in [-0.05, 0) is 57.0 Å². The van der Waals surface area contributed by atoms with Gasteiger partial charge in [-0.3, -0.25) is 19.4 Å². The van der Waals surface area contributed by atoms with Gasteiger partial charge in [0.05, 0.1) is 11.8 Å². The lowest BCUT2D eigenvalue weighted by molar-refractivity contribution is 0.0142. The number of piperazine rings is 1. The molecule has 1 aromatic heterocycles. The second-order valence-electron chi connectivity index (χ2n) is 12.3. The van der Waals surface area contributed by atoms with E-state index in [1.54, 1.807) is 10.6 Å². The molecule has 1 aromatic carbocycles. The van der Waals surface area contributed by atoms with Crippen molar-refractivity contribution in [2.45, 2.75) is 69.8 Å². The zero-order valence-electron chi connectivity index (χ0n) is 25.5. The predicted octanol–water partition coefficient (Wildman–Crippen LogP) is 1.61. The Balaban J connectivity index is 1.24. The maximum Gasteiger partial charge on any atom is 0.407 e. The van der Waals surface area contributed by atoms with E-state index in [1.807, 2.05) is 38.1 Å². The van der Waals surface area contributed by atoms with Crippen LogP contribution in [0.15, 0.2) is 35.1 Å². The van der Waals surface area contributed by atoms with E-state index in [1.165, 1.54) is 17.6 Å². The van der Waals surface area contributed by atoms with E-state index in [9.17, 15) is 22.8 Å². The van der Waals surface area contributed by atoms with Crippen molar-refractivity contribution in [3.8, 4) is 0 Å². The Morgan fingerprint density at radius 3 is 2.28 bits per heavy atom. The fraction of sp³-hybridized carbons (Fsp3) is 0.633. The highest BCUT2D eigenvalue weighted by molar-refractivity contribution is 7.88. The number of hydrogen-bond acceptors (Lipinski definition) is 8. The summed E-state index contributed by atoms with van der Waals surface area (Å²) < 4.78 is 32.8. The Morgan fingerprint density at radius 2 is 1.67 bits per heavy atom. The second kappa shape index (κ2) is 12.9. The smallest absolute Gasteiger partial charge is 0.407 e. The number of rotatable bonds is 9. The van der Waals surface area contributed by atoms with Crippen LogP contribution in [0.5, 0.6) is 0 Å². The van der Waals surface area contributed by atoms with E-state index in [2.05, 4.69) is 20.4 Å². The van der Waals surface area contributed by atoms with Gasteiger partial charge in [-0.1, -0.05) is 18.2 Å². The van der Waals surface area contributed by atoms with Gasteiger partial charge < -0.3 is 19.9 Å². The van der Waals surface area contributed by atoms with Crippen molar-refractivity contribution in [1.29, 1.82) is 0 Å². The van der Waals surface area contributed by atoms with Crippen LogP contribution in [0.25, 0.3) is 10.9 Å². The lowest BCUT2D eigenvalue weighted by Gasteiger charge is -2.41. The number of aromatic nitrogens is 1. The van der Waals surface area contributed by atoms with Gasteiger partial charge in [0.15, 0.2) is 0 Å². The molecule has 43 heavy (non-hydrogen) atoms. The van der Waals surface area contributed by atoms with E-state index in [4.69, 9.17) is 4.74 Å². The van der Waals surface area contributed by atoms with Gasteiger partial charge in [0.25, 0.3) is 11.5 Å². The van der Waals surface area contributed by atoms with E-state index >= 15 is 0 Å². The molecule has 2 N–H and O–H groups in total. The molecule has 236 valence electrons. The number of hydrogen-bond donors (Lipinski definition) is 2. The summed E-state index contributed by atoms with van der Waals surface area (Å²) in [5.41, 5.74) is 0.701. The fourth-order valence-corrected chi connectivity index (χ4v) is 7.85. The maximum atomic E-state index is 13.5. The molecule has 3 fully saturated rings.